The fourth-order valence-corrected chi connectivity index (χ4v) is 4.27. The number of nitrogens with zero attached hydrogens (tertiary/aromatic N) is 2. The molecule has 3 aromatic heterocycles. The van der Waals surface area contributed by atoms with Crippen LogP contribution in [0.2, 0.25) is 0 Å². The van der Waals surface area contributed by atoms with Gasteiger partial charge in [0, 0.05) is 30.1 Å². The van der Waals surface area contributed by atoms with E-state index >= 15 is 0 Å². The predicted molar refractivity (Wildman–Crippen MR) is 128 cm³/mol. The van der Waals surface area contributed by atoms with Crippen LogP contribution in [0.4, 0.5) is 14.5 Å². The van der Waals surface area contributed by atoms with E-state index in [2.05, 4.69) is 20.3 Å². The number of benzene rings is 1. The molecule has 1 fully saturated rings. The third-order valence-corrected chi connectivity index (χ3v) is 6.20. The molecule has 3 N–H and O–H groups in total. The largest absolute Gasteiger partial charge is 0.436 e. The zero-order chi connectivity index (χ0) is 25.2. The van der Waals surface area contributed by atoms with Gasteiger partial charge in [0.05, 0.1) is 42.2 Å². The molecule has 0 unspecified atom stereocenters. The van der Waals surface area contributed by atoms with Crippen molar-refractivity contribution in [3.63, 3.8) is 0 Å². The van der Waals surface area contributed by atoms with Gasteiger partial charge >= 0.3 is 0 Å². The second-order valence-electron chi connectivity index (χ2n) is 8.66. The standard InChI is InChI=1S/C26H24F2N4O4/c1-14-8-22(36-21-5-3-2-4-19(21)27)29-9-17(14)25(34)18-10-30-26-23(18)24(20(28)11-31-26)32-15-6-7-16(12-33)35-13-15/h2-5,8-11,15-16,33H,6-7,12-13H2,1H3,(H2,30,31,32)/t15-,16+/m1/s1. The Kier molecular flexibility index (Phi) is 6.62. The highest BCUT2D eigenvalue weighted by molar-refractivity contribution is 6.18. The molecule has 5 rings (SSSR count). The maximum Gasteiger partial charge on any atom is 0.219 e. The number of fused-ring (bicyclic) bond motifs is 1. The minimum absolute atomic E-state index is 0.0226. The number of ether oxygens (including phenoxy) is 2. The molecule has 2 atom stereocenters. The number of ketones is 1. The van der Waals surface area contributed by atoms with Gasteiger partial charge in [-0.3, -0.25) is 4.79 Å². The fourth-order valence-electron chi connectivity index (χ4n) is 4.27. The topological polar surface area (TPSA) is 109 Å². The Bertz CT molecular complexity index is 1420. The normalized spacial score (nSPS) is 17.8. The van der Waals surface area contributed by atoms with Crippen LogP contribution in [0, 0.1) is 18.6 Å². The van der Waals surface area contributed by atoms with Crippen molar-refractivity contribution in [1.82, 2.24) is 15.0 Å². The molecule has 10 heteroatoms. The molecule has 186 valence electrons. The maximum atomic E-state index is 14.9. The first-order chi connectivity index (χ1) is 17.4. The van der Waals surface area contributed by atoms with Crippen molar-refractivity contribution in [2.75, 3.05) is 18.5 Å². The van der Waals surface area contributed by atoms with E-state index in [0.717, 1.165) is 6.20 Å². The summed E-state index contributed by atoms with van der Waals surface area (Å²) in [6, 6.07) is 7.31. The number of aryl methyl sites for hydroxylation is 1. The van der Waals surface area contributed by atoms with Gasteiger partial charge in [-0.05, 0) is 37.5 Å². The lowest BCUT2D eigenvalue weighted by atomic mass is 9.99. The van der Waals surface area contributed by atoms with E-state index in [9.17, 15) is 18.7 Å². The molecular formula is C26H24F2N4O4. The van der Waals surface area contributed by atoms with Gasteiger partial charge in [-0.2, -0.15) is 0 Å². The first kappa shape index (κ1) is 23.8. The molecule has 0 amide bonds. The highest BCUT2D eigenvalue weighted by atomic mass is 19.1. The van der Waals surface area contributed by atoms with E-state index in [1.165, 1.54) is 24.5 Å². The number of hydrogen-bond donors (Lipinski definition) is 3. The number of rotatable bonds is 7. The van der Waals surface area contributed by atoms with Crippen molar-refractivity contribution in [2.45, 2.75) is 31.9 Å². The van der Waals surface area contributed by atoms with Gasteiger partial charge in [0.15, 0.2) is 23.2 Å². The molecule has 0 bridgehead atoms. The lowest BCUT2D eigenvalue weighted by molar-refractivity contribution is -0.0223. The summed E-state index contributed by atoms with van der Waals surface area (Å²) in [6.07, 6.45) is 5.03. The SMILES string of the molecule is Cc1cc(Oc2ccccc2F)ncc1C(=O)c1c[nH]c2ncc(F)c(N[C@@H]3CC[C@@H](CO)OC3)c12. The van der Waals surface area contributed by atoms with E-state index in [0.29, 0.717) is 41.6 Å². The number of hydrogen-bond acceptors (Lipinski definition) is 7. The Morgan fingerprint density at radius 1 is 1.19 bits per heavy atom. The number of aliphatic hydroxyl groups excluding tert-OH is 1. The Hall–Kier alpha value is -3.89. The van der Waals surface area contributed by atoms with Gasteiger partial charge in [0.1, 0.15) is 5.65 Å². The number of aliphatic hydroxyl groups is 1. The minimum Gasteiger partial charge on any atom is -0.436 e. The van der Waals surface area contributed by atoms with Gasteiger partial charge < -0.3 is 24.9 Å². The van der Waals surface area contributed by atoms with E-state index in [-0.39, 0.29) is 47.4 Å². The van der Waals surface area contributed by atoms with Crippen LogP contribution in [-0.4, -0.2) is 51.2 Å². The van der Waals surface area contributed by atoms with E-state index in [4.69, 9.17) is 9.47 Å². The number of pyridine rings is 2. The van der Waals surface area contributed by atoms with Crippen LogP contribution < -0.4 is 10.1 Å². The van der Waals surface area contributed by atoms with Crippen LogP contribution in [-0.2, 0) is 4.74 Å². The Labute approximate surface area is 205 Å². The quantitative estimate of drug-likeness (QED) is 0.324. The fraction of sp³-hybridized carbons (Fsp3) is 0.269. The van der Waals surface area contributed by atoms with Gasteiger partial charge in [-0.15, -0.1) is 0 Å². The number of H-pyrrole nitrogens is 1. The lowest BCUT2D eigenvalue weighted by Gasteiger charge is -2.29. The molecular weight excluding hydrogens is 470 g/mol. The molecule has 36 heavy (non-hydrogen) atoms. The van der Waals surface area contributed by atoms with Crippen LogP contribution in [0.1, 0.15) is 34.3 Å². The summed E-state index contributed by atoms with van der Waals surface area (Å²) in [6.45, 7) is 1.95. The molecule has 4 aromatic rings. The summed E-state index contributed by atoms with van der Waals surface area (Å²) >= 11 is 0. The smallest absolute Gasteiger partial charge is 0.219 e. The Balaban J connectivity index is 1.44. The van der Waals surface area contributed by atoms with Gasteiger partial charge in [0.25, 0.3) is 0 Å². The average Bonchev–Trinajstić information content (AvgIpc) is 3.32. The molecule has 1 aliphatic heterocycles. The first-order valence-electron chi connectivity index (χ1n) is 11.5. The van der Waals surface area contributed by atoms with E-state index in [1.54, 1.807) is 25.1 Å². The Morgan fingerprint density at radius 3 is 2.75 bits per heavy atom. The number of anilines is 1. The monoisotopic (exact) mass is 494 g/mol. The third kappa shape index (κ3) is 4.65. The molecule has 0 spiro atoms. The molecule has 1 saturated heterocycles. The lowest BCUT2D eigenvalue weighted by Crippen LogP contribution is -2.36. The maximum absolute atomic E-state index is 14.9. The summed E-state index contributed by atoms with van der Waals surface area (Å²) in [7, 11) is 0. The number of nitrogens with one attached hydrogen (secondary N) is 2. The highest BCUT2D eigenvalue weighted by Gasteiger charge is 2.26. The van der Waals surface area contributed by atoms with E-state index < -0.39 is 11.6 Å². The number of aromatic amines is 1. The number of carbonyl (C=O) groups excluding carboxylic acids is 1. The zero-order valence-electron chi connectivity index (χ0n) is 19.4. The summed E-state index contributed by atoms with van der Waals surface area (Å²) in [5.41, 5.74) is 1.60. The third-order valence-electron chi connectivity index (χ3n) is 6.20. The summed E-state index contributed by atoms with van der Waals surface area (Å²) in [5.74, 6) is -1.33. The molecule has 1 aliphatic rings. The zero-order valence-corrected chi connectivity index (χ0v) is 19.4. The summed E-state index contributed by atoms with van der Waals surface area (Å²) < 4.78 is 40.0. The highest BCUT2D eigenvalue weighted by Crippen LogP contribution is 2.32. The second-order valence-corrected chi connectivity index (χ2v) is 8.66. The predicted octanol–water partition coefficient (Wildman–Crippen LogP) is 4.52. The second kappa shape index (κ2) is 10.00. The first-order valence-corrected chi connectivity index (χ1v) is 11.5. The number of para-hydroxylation sites is 1. The van der Waals surface area contributed by atoms with Gasteiger partial charge in [0.2, 0.25) is 5.88 Å². The summed E-state index contributed by atoms with van der Waals surface area (Å²) in [5, 5.41) is 12.8. The molecule has 1 aromatic carbocycles. The Morgan fingerprint density at radius 2 is 2.03 bits per heavy atom. The van der Waals surface area contributed by atoms with Crippen molar-refractivity contribution in [1.29, 1.82) is 0 Å². The van der Waals surface area contributed by atoms with Crippen molar-refractivity contribution >= 4 is 22.5 Å². The van der Waals surface area contributed by atoms with Crippen LogP contribution in [0.5, 0.6) is 11.6 Å². The van der Waals surface area contributed by atoms with Crippen LogP contribution in [0.3, 0.4) is 0 Å². The molecule has 0 radical (unpaired) electrons. The molecule has 0 aliphatic carbocycles. The average molecular weight is 494 g/mol. The minimum atomic E-state index is -0.594. The number of aromatic nitrogens is 3. The van der Waals surface area contributed by atoms with Gasteiger partial charge in [-0.1, -0.05) is 12.1 Å². The molecule has 8 nitrogen and oxygen atoms in total. The van der Waals surface area contributed by atoms with Crippen molar-refractivity contribution in [2.24, 2.45) is 0 Å². The van der Waals surface area contributed by atoms with Crippen molar-refractivity contribution < 1.29 is 28.2 Å². The van der Waals surface area contributed by atoms with E-state index in [1.807, 2.05) is 0 Å². The van der Waals surface area contributed by atoms with Crippen molar-refractivity contribution in [3.05, 3.63) is 77.2 Å². The number of carbonyl (C=O) groups is 1. The summed E-state index contributed by atoms with van der Waals surface area (Å²) in [4.78, 5) is 24.7. The van der Waals surface area contributed by atoms with Crippen molar-refractivity contribution in [3.8, 4) is 11.6 Å². The van der Waals surface area contributed by atoms with Crippen LogP contribution in [0.25, 0.3) is 11.0 Å². The molecule has 0 saturated carbocycles. The van der Waals surface area contributed by atoms with Gasteiger partial charge in [-0.25, -0.2) is 18.7 Å². The number of halogens is 2. The van der Waals surface area contributed by atoms with Crippen LogP contribution in [0.15, 0.2) is 48.9 Å². The van der Waals surface area contributed by atoms with Crippen LogP contribution >= 0.6 is 0 Å². The molecule has 4 heterocycles.